The third-order valence-corrected chi connectivity index (χ3v) is 13.2. The monoisotopic (exact) mass is 929 g/mol. The van der Waals surface area contributed by atoms with E-state index in [9.17, 15) is 14.4 Å². The van der Waals surface area contributed by atoms with Gasteiger partial charge in [-0.1, -0.05) is 257 Å². The van der Waals surface area contributed by atoms with Gasteiger partial charge in [0.1, 0.15) is 13.2 Å². The van der Waals surface area contributed by atoms with Gasteiger partial charge in [-0.15, -0.1) is 0 Å². The number of carbonyl (C=O) groups excluding carboxylic acids is 3. The number of carbonyl (C=O) groups is 3. The maximum Gasteiger partial charge on any atom is 0.306 e. The Labute approximate surface area is 411 Å². The summed E-state index contributed by atoms with van der Waals surface area (Å²) < 4.78 is 16.9. The van der Waals surface area contributed by atoms with Crippen LogP contribution < -0.4 is 0 Å². The van der Waals surface area contributed by atoms with Gasteiger partial charge in [-0.25, -0.2) is 0 Å². The van der Waals surface area contributed by atoms with Gasteiger partial charge in [-0.05, 0) is 70.6 Å². The van der Waals surface area contributed by atoms with Gasteiger partial charge in [0.25, 0.3) is 0 Å². The number of hydrogen-bond acceptors (Lipinski definition) is 6. The van der Waals surface area contributed by atoms with Crippen LogP contribution in [0.25, 0.3) is 0 Å². The molecule has 0 heterocycles. The Kier molecular flexibility index (Phi) is 53.7. The molecule has 1 atom stereocenters. The van der Waals surface area contributed by atoms with E-state index < -0.39 is 6.10 Å². The van der Waals surface area contributed by atoms with E-state index in [1.54, 1.807) is 0 Å². The van der Waals surface area contributed by atoms with Crippen LogP contribution in [0, 0.1) is 0 Å². The molecule has 1 unspecified atom stereocenters. The van der Waals surface area contributed by atoms with Crippen molar-refractivity contribution in [3.63, 3.8) is 0 Å². The molecule has 0 N–H and O–H groups in total. The van der Waals surface area contributed by atoms with E-state index in [1.165, 1.54) is 212 Å². The largest absolute Gasteiger partial charge is 0.462 e. The minimum Gasteiger partial charge on any atom is -0.462 e. The molecule has 388 valence electrons. The average molecular weight is 930 g/mol. The minimum atomic E-state index is -0.775. The zero-order chi connectivity index (χ0) is 47.9. The Bertz CT molecular complexity index is 1070. The van der Waals surface area contributed by atoms with E-state index >= 15 is 0 Å². The molecule has 0 rings (SSSR count). The van der Waals surface area contributed by atoms with Gasteiger partial charge < -0.3 is 14.2 Å². The topological polar surface area (TPSA) is 78.9 Å². The molecule has 66 heavy (non-hydrogen) atoms. The Morgan fingerprint density at radius 2 is 0.500 bits per heavy atom. The summed E-state index contributed by atoms with van der Waals surface area (Å²) in [5.41, 5.74) is 0. The highest BCUT2D eigenvalue weighted by atomic mass is 16.6. The van der Waals surface area contributed by atoms with Crippen molar-refractivity contribution in [3.8, 4) is 0 Å². The molecule has 0 saturated carbocycles. The minimum absolute atomic E-state index is 0.0727. The zero-order valence-corrected chi connectivity index (χ0v) is 44.5. The molecular weight excluding hydrogens is 817 g/mol. The first-order chi connectivity index (χ1) is 32.5. The third kappa shape index (κ3) is 52.9. The van der Waals surface area contributed by atoms with E-state index in [0.29, 0.717) is 19.3 Å². The summed E-state index contributed by atoms with van der Waals surface area (Å²) in [6.07, 6.45) is 64.5. The molecule has 0 amide bonds. The van der Waals surface area contributed by atoms with Crippen LogP contribution in [0.2, 0.25) is 0 Å². The predicted octanol–water partition coefficient (Wildman–Crippen LogP) is 19.5. The standard InChI is InChI=1S/C60H112O6/c1-4-7-10-13-16-19-22-25-28-31-34-37-40-43-46-49-52-58(61)64-55-57(66-60(63)54-51-48-45-42-39-36-33-30-27-24-21-18-15-12-9-6-3)56-65-59(62)53-50-47-44-41-38-35-32-29-26-23-20-17-14-11-8-5-2/h28,30-31,33,57H,4-27,29,32,34-56H2,1-3H3/b31-28-,33-30-. The molecule has 0 bridgehead atoms. The van der Waals surface area contributed by atoms with Crippen LogP contribution in [0.5, 0.6) is 0 Å². The van der Waals surface area contributed by atoms with Gasteiger partial charge in [0, 0.05) is 19.3 Å². The van der Waals surface area contributed by atoms with Crippen molar-refractivity contribution in [1.82, 2.24) is 0 Å². The first kappa shape index (κ1) is 63.9. The number of hydrogen-bond donors (Lipinski definition) is 0. The summed E-state index contributed by atoms with van der Waals surface area (Å²) in [5.74, 6) is -0.869. The van der Waals surface area contributed by atoms with Crippen molar-refractivity contribution in [1.29, 1.82) is 0 Å². The lowest BCUT2D eigenvalue weighted by Gasteiger charge is -2.18. The molecule has 0 aromatic heterocycles. The molecule has 0 radical (unpaired) electrons. The van der Waals surface area contributed by atoms with Gasteiger partial charge >= 0.3 is 17.9 Å². The molecule has 0 aromatic carbocycles. The van der Waals surface area contributed by atoms with E-state index in [0.717, 1.165) is 70.6 Å². The van der Waals surface area contributed by atoms with Gasteiger partial charge in [-0.3, -0.25) is 14.4 Å². The first-order valence-corrected chi connectivity index (χ1v) is 29.3. The highest BCUT2D eigenvalue weighted by Crippen LogP contribution is 2.16. The molecule has 0 spiro atoms. The van der Waals surface area contributed by atoms with E-state index in [1.807, 2.05) is 0 Å². The second-order valence-corrected chi connectivity index (χ2v) is 19.9. The molecule has 0 aliphatic rings. The second-order valence-electron chi connectivity index (χ2n) is 19.9. The maximum absolute atomic E-state index is 12.8. The fourth-order valence-corrected chi connectivity index (χ4v) is 8.73. The van der Waals surface area contributed by atoms with E-state index in [4.69, 9.17) is 14.2 Å². The van der Waals surface area contributed by atoms with Crippen molar-refractivity contribution < 1.29 is 28.6 Å². The van der Waals surface area contributed by atoms with Crippen LogP contribution >= 0.6 is 0 Å². The quantitative estimate of drug-likeness (QED) is 0.0262. The van der Waals surface area contributed by atoms with Gasteiger partial charge in [-0.2, -0.15) is 0 Å². The summed E-state index contributed by atoms with van der Waals surface area (Å²) in [5, 5.41) is 0. The van der Waals surface area contributed by atoms with Crippen molar-refractivity contribution >= 4 is 17.9 Å². The summed E-state index contributed by atoms with van der Waals surface area (Å²) in [7, 11) is 0. The number of unbranched alkanes of at least 4 members (excludes halogenated alkanes) is 39. The Hall–Kier alpha value is -2.11. The molecule has 0 saturated heterocycles. The maximum atomic E-state index is 12.8. The Morgan fingerprint density at radius 3 is 0.758 bits per heavy atom. The molecule has 6 heteroatoms. The lowest BCUT2D eigenvalue weighted by Crippen LogP contribution is -2.30. The smallest absolute Gasteiger partial charge is 0.306 e. The van der Waals surface area contributed by atoms with Gasteiger partial charge in [0.2, 0.25) is 0 Å². The van der Waals surface area contributed by atoms with Crippen LogP contribution in [-0.2, 0) is 28.6 Å². The fourth-order valence-electron chi connectivity index (χ4n) is 8.73. The lowest BCUT2D eigenvalue weighted by atomic mass is 10.0. The van der Waals surface area contributed by atoms with Crippen molar-refractivity contribution in [3.05, 3.63) is 24.3 Å². The van der Waals surface area contributed by atoms with Crippen LogP contribution in [0.4, 0.5) is 0 Å². The Morgan fingerprint density at radius 1 is 0.288 bits per heavy atom. The molecule has 0 fully saturated rings. The van der Waals surface area contributed by atoms with Crippen molar-refractivity contribution in [2.24, 2.45) is 0 Å². The summed E-state index contributed by atoms with van der Waals surface area (Å²) in [4.78, 5) is 38.2. The SMILES string of the molecule is CCCCCCCCC/C=C\CCCCCCCC(=O)OCC(COC(=O)CCCCCCCCCCCCCCCCCC)OC(=O)CCCCCCC/C=C\CCCCCCCCC. The van der Waals surface area contributed by atoms with Gasteiger partial charge in [0.15, 0.2) is 6.10 Å². The number of esters is 3. The molecule has 0 aliphatic heterocycles. The molecule has 6 nitrogen and oxygen atoms in total. The van der Waals surface area contributed by atoms with E-state index in [-0.39, 0.29) is 31.1 Å². The molecule has 0 aliphatic carbocycles. The summed E-state index contributed by atoms with van der Waals surface area (Å²) in [6, 6.07) is 0. The van der Waals surface area contributed by atoms with Crippen molar-refractivity contribution in [2.45, 2.75) is 329 Å². The van der Waals surface area contributed by atoms with E-state index in [2.05, 4.69) is 45.1 Å². The second kappa shape index (κ2) is 55.5. The number of rotatable bonds is 54. The van der Waals surface area contributed by atoms with Crippen LogP contribution in [0.3, 0.4) is 0 Å². The van der Waals surface area contributed by atoms with Gasteiger partial charge in [0.05, 0.1) is 0 Å². The highest BCUT2D eigenvalue weighted by Gasteiger charge is 2.19. The van der Waals surface area contributed by atoms with Crippen LogP contribution in [-0.4, -0.2) is 37.2 Å². The zero-order valence-electron chi connectivity index (χ0n) is 44.5. The van der Waals surface area contributed by atoms with Crippen molar-refractivity contribution in [2.75, 3.05) is 13.2 Å². The van der Waals surface area contributed by atoms with Crippen LogP contribution in [0.1, 0.15) is 323 Å². The normalized spacial score (nSPS) is 12.1. The predicted molar refractivity (Wildman–Crippen MR) is 284 cm³/mol. The molecular formula is C60H112O6. The Balaban J connectivity index is 4.35. The summed E-state index contributed by atoms with van der Waals surface area (Å²) >= 11 is 0. The van der Waals surface area contributed by atoms with Crippen LogP contribution in [0.15, 0.2) is 24.3 Å². The third-order valence-electron chi connectivity index (χ3n) is 13.2. The number of allylic oxidation sites excluding steroid dienone is 4. The lowest BCUT2D eigenvalue weighted by molar-refractivity contribution is -0.167. The first-order valence-electron chi connectivity index (χ1n) is 29.3. The number of ether oxygens (including phenoxy) is 3. The molecule has 0 aromatic rings. The average Bonchev–Trinajstić information content (AvgIpc) is 3.31. The fraction of sp³-hybridized carbons (Fsp3) is 0.883. The summed E-state index contributed by atoms with van der Waals surface area (Å²) in [6.45, 7) is 6.67. The highest BCUT2D eigenvalue weighted by molar-refractivity contribution is 5.71.